The highest BCUT2D eigenvalue weighted by Gasteiger charge is 2.18. The summed E-state index contributed by atoms with van der Waals surface area (Å²) in [6.45, 7) is 5.82. The van der Waals surface area contributed by atoms with Crippen LogP contribution in [0, 0.1) is 20.8 Å². The quantitative estimate of drug-likeness (QED) is 0.495. The standard InChI is InChI=1S/C22H19ClN4O2/c1-13-7-8-16(22-26-24-12-29-22)10-20(13)25-21(28)19-9-14(2)27(15(19)3)18-6-4-5-17(23)11-18/h4-12H,1-3H3,(H,25,28). The molecule has 146 valence electrons. The normalized spacial score (nSPS) is 10.9. The third kappa shape index (κ3) is 3.67. The largest absolute Gasteiger partial charge is 0.423 e. The molecule has 0 atom stereocenters. The third-order valence-electron chi connectivity index (χ3n) is 4.83. The highest BCUT2D eigenvalue weighted by atomic mass is 35.5. The van der Waals surface area contributed by atoms with Crippen molar-refractivity contribution in [1.82, 2.24) is 14.8 Å². The second kappa shape index (κ2) is 7.56. The van der Waals surface area contributed by atoms with Gasteiger partial charge in [-0.25, -0.2) is 0 Å². The van der Waals surface area contributed by atoms with Gasteiger partial charge >= 0.3 is 0 Å². The molecule has 7 heteroatoms. The number of hydrogen-bond donors (Lipinski definition) is 1. The van der Waals surface area contributed by atoms with Gasteiger partial charge in [0.05, 0.1) is 5.56 Å². The summed E-state index contributed by atoms with van der Waals surface area (Å²) in [6, 6.07) is 15.1. The molecule has 0 aliphatic rings. The first-order valence-corrected chi connectivity index (χ1v) is 9.45. The minimum atomic E-state index is -0.183. The number of nitrogens with one attached hydrogen (secondary N) is 1. The summed E-state index contributed by atoms with van der Waals surface area (Å²) in [5, 5.41) is 11.3. The van der Waals surface area contributed by atoms with Gasteiger partial charge in [0, 0.05) is 33.3 Å². The number of benzene rings is 2. The van der Waals surface area contributed by atoms with E-state index >= 15 is 0 Å². The van der Waals surface area contributed by atoms with Gasteiger partial charge in [-0.3, -0.25) is 4.79 Å². The molecule has 1 N–H and O–H groups in total. The van der Waals surface area contributed by atoms with Gasteiger partial charge < -0.3 is 14.3 Å². The summed E-state index contributed by atoms with van der Waals surface area (Å²) in [6.07, 6.45) is 1.28. The Hall–Kier alpha value is -3.38. The monoisotopic (exact) mass is 406 g/mol. The van der Waals surface area contributed by atoms with Crippen molar-refractivity contribution in [2.24, 2.45) is 0 Å². The van der Waals surface area contributed by atoms with Crippen molar-refractivity contribution in [2.75, 3.05) is 5.32 Å². The Kier molecular flexibility index (Phi) is 4.94. The van der Waals surface area contributed by atoms with Crippen molar-refractivity contribution in [3.63, 3.8) is 0 Å². The number of carbonyl (C=O) groups is 1. The first-order valence-electron chi connectivity index (χ1n) is 9.07. The van der Waals surface area contributed by atoms with Crippen LogP contribution in [-0.2, 0) is 0 Å². The summed E-state index contributed by atoms with van der Waals surface area (Å²) >= 11 is 6.14. The van der Waals surface area contributed by atoms with Crippen molar-refractivity contribution in [2.45, 2.75) is 20.8 Å². The van der Waals surface area contributed by atoms with Crippen LogP contribution in [0.25, 0.3) is 17.1 Å². The Morgan fingerprint density at radius 1 is 1.10 bits per heavy atom. The van der Waals surface area contributed by atoms with Crippen molar-refractivity contribution < 1.29 is 9.21 Å². The second-order valence-electron chi connectivity index (χ2n) is 6.83. The van der Waals surface area contributed by atoms with Crippen LogP contribution >= 0.6 is 11.6 Å². The fraction of sp³-hybridized carbons (Fsp3) is 0.136. The lowest BCUT2D eigenvalue weighted by molar-refractivity contribution is 0.102. The van der Waals surface area contributed by atoms with Crippen LogP contribution in [0.15, 0.2) is 59.3 Å². The van der Waals surface area contributed by atoms with Gasteiger partial charge in [0.15, 0.2) is 0 Å². The summed E-state index contributed by atoms with van der Waals surface area (Å²) in [5.41, 5.74) is 5.68. The molecule has 0 saturated heterocycles. The van der Waals surface area contributed by atoms with Gasteiger partial charge in [0.2, 0.25) is 12.3 Å². The third-order valence-corrected chi connectivity index (χ3v) is 5.07. The molecule has 0 aliphatic carbocycles. The molecule has 0 aliphatic heterocycles. The maximum Gasteiger partial charge on any atom is 0.257 e. The first kappa shape index (κ1) is 19.0. The number of carbonyl (C=O) groups excluding carboxylic acids is 1. The molecule has 1 amide bonds. The lowest BCUT2D eigenvalue weighted by Crippen LogP contribution is -2.14. The minimum absolute atomic E-state index is 0.183. The number of aromatic nitrogens is 3. The van der Waals surface area contributed by atoms with Gasteiger partial charge in [-0.15, -0.1) is 10.2 Å². The van der Waals surface area contributed by atoms with Crippen LogP contribution in [-0.4, -0.2) is 20.7 Å². The zero-order valence-corrected chi connectivity index (χ0v) is 17.0. The van der Waals surface area contributed by atoms with E-state index in [2.05, 4.69) is 15.5 Å². The van der Waals surface area contributed by atoms with E-state index in [1.54, 1.807) is 0 Å². The summed E-state index contributed by atoms with van der Waals surface area (Å²) in [5.74, 6) is 0.219. The predicted molar refractivity (Wildman–Crippen MR) is 113 cm³/mol. The number of halogens is 1. The molecule has 0 fully saturated rings. The molecule has 0 spiro atoms. The van der Waals surface area contributed by atoms with Crippen molar-refractivity contribution >= 4 is 23.2 Å². The van der Waals surface area contributed by atoms with E-state index < -0.39 is 0 Å². The fourth-order valence-corrected chi connectivity index (χ4v) is 3.57. The van der Waals surface area contributed by atoms with Gasteiger partial charge in [-0.05, 0) is 62.7 Å². The van der Waals surface area contributed by atoms with Crippen molar-refractivity contribution in [3.8, 4) is 17.1 Å². The van der Waals surface area contributed by atoms with E-state index in [1.165, 1.54) is 6.39 Å². The fourth-order valence-electron chi connectivity index (χ4n) is 3.38. The molecule has 4 rings (SSSR count). The predicted octanol–water partition coefficient (Wildman–Crippen LogP) is 5.36. The Morgan fingerprint density at radius 3 is 2.66 bits per heavy atom. The molecule has 2 aromatic carbocycles. The minimum Gasteiger partial charge on any atom is -0.423 e. The molecule has 0 radical (unpaired) electrons. The Balaban J connectivity index is 1.66. The van der Waals surface area contributed by atoms with Gasteiger partial charge in [0.1, 0.15) is 0 Å². The average molecular weight is 407 g/mol. The Labute approximate surface area is 173 Å². The van der Waals surface area contributed by atoms with Crippen LogP contribution in [0.5, 0.6) is 0 Å². The SMILES string of the molecule is Cc1ccc(-c2nnco2)cc1NC(=O)c1cc(C)n(-c2cccc(Cl)c2)c1C. The maximum absolute atomic E-state index is 13.0. The maximum atomic E-state index is 13.0. The molecule has 4 aromatic rings. The number of hydrogen-bond acceptors (Lipinski definition) is 4. The van der Waals surface area contributed by atoms with Crippen LogP contribution < -0.4 is 5.32 Å². The van der Waals surface area contributed by atoms with Crippen LogP contribution in [0.3, 0.4) is 0 Å². The Morgan fingerprint density at radius 2 is 1.93 bits per heavy atom. The number of amides is 1. The molecule has 0 saturated carbocycles. The van der Waals surface area contributed by atoms with Gasteiger partial charge in [-0.1, -0.05) is 23.7 Å². The van der Waals surface area contributed by atoms with Crippen LogP contribution in [0.1, 0.15) is 27.3 Å². The van der Waals surface area contributed by atoms with Gasteiger partial charge in [-0.2, -0.15) is 0 Å². The molecule has 2 aromatic heterocycles. The number of rotatable bonds is 4. The molecular weight excluding hydrogens is 388 g/mol. The lowest BCUT2D eigenvalue weighted by Gasteiger charge is -2.12. The van der Waals surface area contributed by atoms with E-state index in [1.807, 2.05) is 73.9 Å². The van der Waals surface area contributed by atoms with E-state index in [-0.39, 0.29) is 5.91 Å². The summed E-state index contributed by atoms with van der Waals surface area (Å²) in [7, 11) is 0. The van der Waals surface area contributed by atoms with E-state index in [0.29, 0.717) is 22.2 Å². The summed E-state index contributed by atoms with van der Waals surface area (Å²) < 4.78 is 7.27. The van der Waals surface area contributed by atoms with Crippen LogP contribution in [0.4, 0.5) is 5.69 Å². The molecule has 0 bridgehead atoms. The smallest absolute Gasteiger partial charge is 0.257 e. The zero-order valence-electron chi connectivity index (χ0n) is 16.2. The molecule has 6 nitrogen and oxygen atoms in total. The highest BCUT2D eigenvalue weighted by molar-refractivity contribution is 6.30. The number of anilines is 1. The number of aryl methyl sites for hydroxylation is 2. The molecule has 0 unspecified atom stereocenters. The van der Waals surface area contributed by atoms with Crippen molar-refractivity contribution in [1.29, 1.82) is 0 Å². The second-order valence-corrected chi connectivity index (χ2v) is 7.26. The van der Waals surface area contributed by atoms with E-state index in [0.717, 1.165) is 28.2 Å². The highest BCUT2D eigenvalue weighted by Crippen LogP contribution is 2.27. The van der Waals surface area contributed by atoms with Crippen molar-refractivity contribution in [3.05, 3.63) is 82.5 Å². The number of nitrogens with zero attached hydrogens (tertiary/aromatic N) is 3. The topological polar surface area (TPSA) is 73.0 Å². The van der Waals surface area contributed by atoms with Crippen LogP contribution in [0.2, 0.25) is 5.02 Å². The molecule has 2 heterocycles. The summed E-state index contributed by atoms with van der Waals surface area (Å²) in [4.78, 5) is 13.0. The molecular formula is C22H19ClN4O2. The Bertz CT molecular complexity index is 1200. The van der Waals surface area contributed by atoms with Gasteiger partial charge in [0.25, 0.3) is 5.91 Å². The van der Waals surface area contributed by atoms with E-state index in [4.69, 9.17) is 16.0 Å². The first-order chi connectivity index (χ1) is 13.9. The zero-order chi connectivity index (χ0) is 20.5. The molecule has 29 heavy (non-hydrogen) atoms. The lowest BCUT2D eigenvalue weighted by atomic mass is 10.1. The van der Waals surface area contributed by atoms with E-state index in [9.17, 15) is 4.79 Å². The average Bonchev–Trinajstić information content (AvgIpc) is 3.32.